The van der Waals surface area contributed by atoms with Crippen LogP contribution in [0.2, 0.25) is 0 Å². The summed E-state index contributed by atoms with van der Waals surface area (Å²) < 4.78 is 14.9. The van der Waals surface area contributed by atoms with Gasteiger partial charge in [0.05, 0.1) is 11.1 Å². The van der Waals surface area contributed by atoms with Crippen LogP contribution < -0.4 is 15.8 Å². The van der Waals surface area contributed by atoms with E-state index in [1.54, 1.807) is 18.2 Å². The maximum absolute atomic E-state index is 14.9. The minimum atomic E-state index is -2.67. The van der Waals surface area contributed by atoms with Crippen LogP contribution in [0.1, 0.15) is 30.2 Å². The molecule has 2 aromatic carbocycles. The van der Waals surface area contributed by atoms with Gasteiger partial charge in [-0.2, -0.15) is 5.10 Å². The molecule has 181 valence electrons. The molecule has 7 nitrogen and oxygen atoms in total. The van der Waals surface area contributed by atoms with Gasteiger partial charge in [-0.25, -0.2) is 19.5 Å². The molecule has 0 atom stereocenters. The predicted octanol–water partition coefficient (Wildman–Crippen LogP) is 3.47. The Morgan fingerprint density at radius 2 is 1.77 bits per heavy atom. The molecule has 3 heterocycles. The fourth-order valence-electron chi connectivity index (χ4n) is 4.65. The first kappa shape index (κ1) is 23.5. The van der Waals surface area contributed by atoms with Crippen LogP contribution in [0, 0.1) is 5.82 Å². The molecule has 0 aliphatic carbocycles. The highest BCUT2D eigenvalue weighted by atomic mass is 31.2. The van der Waals surface area contributed by atoms with Gasteiger partial charge in [-0.05, 0) is 35.7 Å². The summed E-state index contributed by atoms with van der Waals surface area (Å²) in [6.07, 6.45) is 7.10. The number of benzene rings is 2. The van der Waals surface area contributed by atoms with Crippen molar-refractivity contribution in [1.29, 1.82) is 0 Å². The van der Waals surface area contributed by atoms with Crippen molar-refractivity contribution in [3.63, 3.8) is 0 Å². The predicted molar refractivity (Wildman–Crippen MR) is 138 cm³/mol. The van der Waals surface area contributed by atoms with Gasteiger partial charge in [-0.3, -0.25) is 4.79 Å². The zero-order chi connectivity index (χ0) is 24.4. The van der Waals surface area contributed by atoms with Crippen LogP contribution in [0.5, 0.6) is 0 Å². The number of hydrogen-bond donors (Lipinski definition) is 2. The van der Waals surface area contributed by atoms with Crippen LogP contribution >= 0.6 is 7.49 Å². The Kier molecular flexibility index (Phi) is 6.58. The summed E-state index contributed by atoms with van der Waals surface area (Å²) in [5.74, 6) is 0.277. The summed E-state index contributed by atoms with van der Waals surface area (Å²) in [4.78, 5) is 34.7. The van der Waals surface area contributed by atoms with E-state index in [9.17, 15) is 14.1 Å². The molecule has 9 heteroatoms. The number of fused-ring (bicyclic) bond motifs is 1. The minimum absolute atomic E-state index is 0.236. The fraction of sp³-hybridized carbons (Fsp3) is 0.308. The highest BCUT2D eigenvalue weighted by molar-refractivity contribution is 7.77. The Balaban J connectivity index is 1.35. The Morgan fingerprint density at radius 1 is 1.06 bits per heavy atom. The third-order valence-electron chi connectivity index (χ3n) is 6.60. The average molecular weight is 493 g/mol. The molecule has 2 N–H and O–H groups in total. The quantitative estimate of drug-likeness (QED) is 0.401. The van der Waals surface area contributed by atoms with Gasteiger partial charge >= 0.3 is 0 Å². The Labute approximate surface area is 203 Å². The second kappa shape index (κ2) is 9.80. The van der Waals surface area contributed by atoms with Gasteiger partial charge in [0.15, 0.2) is 0 Å². The molecular formula is C26H28FN5O2P. The molecule has 5 rings (SSSR count). The molecule has 1 aliphatic rings. The van der Waals surface area contributed by atoms with Crippen molar-refractivity contribution in [2.45, 2.75) is 26.2 Å². The van der Waals surface area contributed by atoms with Gasteiger partial charge in [0.2, 0.25) is 5.95 Å². The standard InChI is InChI=1S/C26H28FN5O2P/c1-2-5-19-16-28-26(29-17-19)32-10-12-35(34,13-11-32)24-15-18(8-9-22(24)27)14-23-20-6-3-4-7-21(20)25(33)31-30-23/h3-4,6-9,15-17,34H,2,5,10-14H2,1H3,(H,31,33). The fourth-order valence-corrected chi connectivity index (χ4v) is 7.38. The van der Waals surface area contributed by atoms with E-state index in [2.05, 4.69) is 32.0 Å². The van der Waals surface area contributed by atoms with E-state index < -0.39 is 7.49 Å². The lowest BCUT2D eigenvalue weighted by Crippen LogP contribution is -2.41. The lowest BCUT2D eigenvalue weighted by atomic mass is 10.0. The first-order valence-corrected chi connectivity index (χ1v) is 14.0. The molecule has 0 amide bonds. The molecule has 1 fully saturated rings. The lowest BCUT2D eigenvalue weighted by Gasteiger charge is -2.40. The molecule has 0 bridgehead atoms. The van der Waals surface area contributed by atoms with Gasteiger partial charge in [0.1, 0.15) is 5.82 Å². The minimum Gasteiger partial charge on any atom is -0.375 e. The van der Waals surface area contributed by atoms with Crippen molar-refractivity contribution < 1.29 is 9.28 Å². The molecule has 35 heavy (non-hydrogen) atoms. The van der Waals surface area contributed by atoms with Crippen LogP contribution in [0.3, 0.4) is 0 Å². The number of nitrogens with one attached hydrogen (secondary N) is 1. The van der Waals surface area contributed by atoms with Gasteiger partial charge in [-0.1, -0.05) is 37.6 Å². The number of hydrogen-bond acceptors (Lipinski definition) is 6. The zero-order valence-corrected chi connectivity index (χ0v) is 20.5. The van der Waals surface area contributed by atoms with Crippen LogP contribution in [-0.2, 0) is 12.8 Å². The summed E-state index contributed by atoms with van der Waals surface area (Å²) in [6, 6.07) is 12.2. The third-order valence-corrected chi connectivity index (χ3v) is 9.72. The molecule has 0 unspecified atom stereocenters. The van der Waals surface area contributed by atoms with Crippen molar-refractivity contribution in [3.05, 3.63) is 87.9 Å². The van der Waals surface area contributed by atoms with E-state index in [1.807, 2.05) is 30.6 Å². The van der Waals surface area contributed by atoms with E-state index in [1.165, 1.54) is 6.07 Å². The first-order chi connectivity index (χ1) is 17.0. The van der Waals surface area contributed by atoms with Gasteiger partial charge < -0.3 is 9.79 Å². The van der Waals surface area contributed by atoms with Crippen LogP contribution in [0.4, 0.5) is 10.3 Å². The van der Waals surface area contributed by atoms with Crippen molar-refractivity contribution in [2.24, 2.45) is 0 Å². The molecule has 0 saturated carbocycles. The summed E-state index contributed by atoms with van der Waals surface area (Å²) in [6.45, 7) is 3.27. The molecular weight excluding hydrogens is 464 g/mol. The van der Waals surface area contributed by atoms with Crippen LogP contribution in [0.25, 0.3) is 10.8 Å². The largest absolute Gasteiger partial charge is 0.375 e. The topological polar surface area (TPSA) is 95.0 Å². The number of aromatic nitrogens is 4. The smallest absolute Gasteiger partial charge is 0.272 e. The van der Waals surface area contributed by atoms with Crippen molar-refractivity contribution in [1.82, 2.24) is 20.2 Å². The lowest BCUT2D eigenvalue weighted by molar-refractivity contribution is 0.585. The average Bonchev–Trinajstić information content (AvgIpc) is 2.88. The zero-order valence-electron chi connectivity index (χ0n) is 19.6. The van der Waals surface area contributed by atoms with Crippen molar-refractivity contribution in [3.8, 4) is 0 Å². The number of aryl methyl sites for hydroxylation is 1. The summed E-state index contributed by atoms with van der Waals surface area (Å²) in [5.41, 5.74) is 2.43. The number of halogens is 1. The summed E-state index contributed by atoms with van der Waals surface area (Å²) in [5, 5.41) is 8.54. The monoisotopic (exact) mass is 492 g/mol. The Hall–Kier alpha value is -3.22. The number of anilines is 1. The van der Waals surface area contributed by atoms with E-state index in [0.717, 1.165) is 29.4 Å². The normalized spacial score (nSPS) is 15.5. The second-order valence-corrected chi connectivity index (χ2v) is 12.2. The molecule has 1 radical (unpaired) electrons. The third kappa shape index (κ3) is 4.81. The first-order valence-electron chi connectivity index (χ1n) is 11.9. The molecule has 1 saturated heterocycles. The van der Waals surface area contributed by atoms with E-state index in [0.29, 0.717) is 54.2 Å². The number of aromatic amines is 1. The van der Waals surface area contributed by atoms with E-state index in [-0.39, 0.29) is 11.4 Å². The molecule has 4 aromatic rings. The number of H-pyrrole nitrogens is 1. The summed E-state index contributed by atoms with van der Waals surface area (Å²) in [7, 11) is -2.67. The Morgan fingerprint density at radius 3 is 2.49 bits per heavy atom. The maximum atomic E-state index is 14.9. The van der Waals surface area contributed by atoms with Crippen LogP contribution in [-0.4, -0.2) is 50.5 Å². The van der Waals surface area contributed by atoms with Gasteiger partial charge in [0, 0.05) is 62.4 Å². The number of nitrogens with zero attached hydrogens (tertiary/aromatic N) is 4. The van der Waals surface area contributed by atoms with Crippen molar-refractivity contribution in [2.75, 3.05) is 30.3 Å². The SMILES string of the molecule is CCCc1cnc(N2CC[P](O)(c3cc(Cc4n[nH]c(=O)c5ccccc45)ccc3F)CC2)nc1. The molecule has 0 spiro atoms. The molecule has 1 aliphatic heterocycles. The number of rotatable bonds is 6. The van der Waals surface area contributed by atoms with Crippen molar-refractivity contribution >= 4 is 29.5 Å². The van der Waals surface area contributed by atoms with Gasteiger partial charge in [0.25, 0.3) is 5.56 Å². The van der Waals surface area contributed by atoms with Crippen LogP contribution in [0.15, 0.2) is 59.7 Å². The second-order valence-electron chi connectivity index (χ2n) is 9.01. The maximum Gasteiger partial charge on any atom is 0.272 e. The molecule has 2 aromatic heterocycles. The Bertz CT molecular complexity index is 1400. The van der Waals surface area contributed by atoms with E-state index in [4.69, 9.17) is 0 Å². The summed E-state index contributed by atoms with van der Waals surface area (Å²) >= 11 is 0. The van der Waals surface area contributed by atoms with Gasteiger partial charge in [-0.15, -0.1) is 0 Å². The highest BCUT2D eigenvalue weighted by Crippen LogP contribution is 2.55. The highest BCUT2D eigenvalue weighted by Gasteiger charge is 2.35. The van der Waals surface area contributed by atoms with E-state index >= 15 is 0 Å².